The maximum Gasteiger partial charge on any atom is 0.235 e. The van der Waals surface area contributed by atoms with Gasteiger partial charge in [0.1, 0.15) is 5.75 Å². The second kappa shape index (κ2) is 10.6. The maximum absolute atomic E-state index is 14.1. The summed E-state index contributed by atoms with van der Waals surface area (Å²) in [6, 6.07) is 4.86. The summed E-state index contributed by atoms with van der Waals surface area (Å²) in [5.41, 5.74) is 4.15. The van der Waals surface area contributed by atoms with Crippen LogP contribution in [0.15, 0.2) is 12.1 Å². The Kier molecular flexibility index (Phi) is 8.23. The highest BCUT2D eigenvalue weighted by molar-refractivity contribution is 5.49. The van der Waals surface area contributed by atoms with Crippen LogP contribution in [0.1, 0.15) is 139 Å². The van der Waals surface area contributed by atoms with E-state index in [1.807, 2.05) is 0 Å². The number of benzene rings is 1. The van der Waals surface area contributed by atoms with Crippen molar-refractivity contribution >= 4 is 0 Å². The summed E-state index contributed by atoms with van der Waals surface area (Å²) in [5, 5.41) is 0. The second-order valence-electron chi connectivity index (χ2n) is 9.25. The van der Waals surface area contributed by atoms with E-state index < -0.39 is 6.36 Å². The van der Waals surface area contributed by atoms with Crippen molar-refractivity contribution in [3.05, 3.63) is 28.8 Å². The van der Waals surface area contributed by atoms with Gasteiger partial charge in [-0.25, -0.2) is 4.39 Å². The lowest BCUT2D eigenvalue weighted by Gasteiger charge is -2.31. The van der Waals surface area contributed by atoms with Crippen molar-refractivity contribution in [2.45, 2.75) is 128 Å². The minimum atomic E-state index is -1.25. The van der Waals surface area contributed by atoms with E-state index in [1.54, 1.807) is 0 Å². The molecule has 1 aromatic carbocycles. The van der Waals surface area contributed by atoms with Crippen LogP contribution in [-0.2, 0) is 0 Å². The van der Waals surface area contributed by atoms with Gasteiger partial charge in [0.05, 0.1) is 0 Å². The molecule has 2 fully saturated rings. The first-order chi connectivity index (χ1) is 13.6. The molecule has 2 heteroatoms. The Morgan fingerprint density at radius 2 is 1.54 bits per heavy atom. The van der Waals surface area contributed by atoms with Crippen LogP contribution < -0.4 is 4.74 Å². The molecule has 0 radical (unpaired) electrons. The van der Waals surface area contributed by atoms with Gasteiger partial charge in [-0.2, -0.15) is 0 Å². The van der Waals surface area contributed by atoms with Gasteiger partial charge in [0, 0.05) is 6.92 Å². The number of hydrogen-bond acceptors (Lipinski definition) is 1. The molecular weight excluding hydrogens is 347 g/mol. The minimum absolute atomic E-state index is 0.477. The first kappa shape index (κ1) is 21.7. The SMILES string of the molecule is CCCC(CC)c1cc(C2CCCCC2)cc(C2CCCCC2)c1OC(C)F. The van der Waals surface area contributed by atoms with Crippen molar-refractivity contribution in [1.82, 2.24) is 0 Å². The molecule has 0 bridgehead atoms. The number of alkyl halides is 1. The van der Waals surface area contributed by atoms with Gasteiger partial charge in [-0.05, 0) is 73.0 Å². The van der Waals surface area contributed by atoms with Crippen molar-refractivity contribution in [3.8, 4) is 5.75 Å². The van der Waals surface area contributed by atoms with E-state index in [1.165, 1.54) is 87.8 Å². The van der Waals surface area contributed by atoms with Crippen molar-refractivity contribution in [1.29, 1.82) is 0 Å². The highest BCUT2D eigenvalue weighted by Gasteiger charge is 2.28. The summed E-state index contributed by atoms with van der Waals surface area (Å²) in [6.07, 6.45) is 15.3. The monoisotopic (exact) mass is 388 g/mol. The van der Waals surface area contributed by atoms with Gasteiger partial charge in [0.15, 0.2) is 0 Å². The normalized spacial score (nSPS) is 21.4. The van der Waals surface area contributed by atoms with Crippen LogP contribution in [0.25, 0.3) is 0 Å². The third kappa shape index (κ3) is 5.30. The molecule has 2 saturated carbocycles. The molecule has 2 atom stereocenters. The van der Waals surface area contributed by atoms with Crippen molar-refractivity contribution in [2.24, 2.45) is 0 Å². The van der Waals surface area contributed by atoms with E-state index in [-0.39, 0.29) is 0 Å². The molecule has 0 N–H and O–H groups in total. The van der Waals surface area contributed by atoms with Gasteiger partial charge in [0.2, 0.25) is 6.36 Å². The van der Waals surface area contributed by atoms with Crippen LogP contribution >= 0.6 is 0 Å². The third-order valence-corrected chi connectivity index (χ3v) is 7.14. The standard InChI is InChI=1S/C26H41FO/c1-4-12-20(5-2)24-17-23(21-13-8-6-9-14-21)18-25(26(24)28-19(3)27)22-15-10-7-11-16-22/h17-22H,4-16H2,1-3H3. The first-order valence-corrected chi connectivity index (χ1v) is 12.1. The second-order valence-corrected chi connectivity index (χ2v) is 9.25. The van der Waals surface area contributed by atoms with Crippen LogP contribution in [0, 0.1) is 0 Å². The van der Waals surface area contributed by atoms with Gasteiger partial charge in [-0.3, -0.25) is 0 Å². The summed E-state index contributed by atoms with van der Waals surface area (Å²) in [4.78, 5) is 0. The zero-order valence-electron chi connectivity index (χ0n) is 18.4. The quantitative estimate of drug-likeness (QED) is 0.432. The minimum Gasteiger partial charge on any atom is -0.460 e. The number of hydrogen-bond donors (Lipinski definition) is 0. The van der Waals surface area contributed by atoms with Crippen molar-refractivity contribution < 1.29 is 9.13 Å². The van der Waals surface area contributed by atoms with Crippen LogP contribution in [0.2, 0.25) is 0 Å². The van der Waals surface area contributed by atoms with Gasteiger partial charge in [-0.1, -0.05) is 70.9 Å². The maximum atomic E-state index is 14.1. The van der Waals surface area contributed by atoms with Crippen LogP contribution in [0.4, 0.5) is 4.39 Å². The lowest BCUT2D eigenvalue weighted by atomic mass is 9.76. The van der Waals surface area contributed by atoms with Crippen LogP contribution in [-0.4, -0.2) is 6.36 Å². The Morgan fingerprint density at radius 1 is 0.929 bits per heavy atom. The Morgan fingerprint density at radius 3 is 2.07 bits per heavy atom. The molecule has 2 unspecified atom stereocenters. The van der Waals surface area contributed by atoms with E-state index in [4.69, 9.17) is 4.74 Å². The molecule has 0 saturated heterocycles. The predicted molar refractivity (Wildman–Crippen MR) is 117 cm³/mol. The number of halogens is 1. The predicted octanol–water partition coefficient (Wildman–Crippen LogP) is 8.77. The molecular formula is C26H41FO. The molecule has 1 aromatic rings. The van der Waals surface area contributed by atoms with Gasteiger partial charge in [0.25, 0.3) is 0 Å². The molecule has 2 aliphatic rings. The molecule has 0 spiro atoms. The van der Waals surface area contributed by atoms with Crippen molar-refractivity contribution in [2.75, 3.05) is 0 Å². The smallest absolute Gasteiger partial charge is 0.235 e. The summed E-state index contributed by atoms with van der Waals surface area (Å²) >= 11 is 0. The molecule has 158 valence electrons. The van der Waals surface area contributed by atoms with E-state index in [2.05, 4.69) is 26.0 Å². The lowest BCUT2D eigenvalue weighted by Crippen LogP contribution is -2.16. The van der Waals surface area contributed by atoms with E-state index in [9.17, 15) is 4.39 Å². The fourth-order valence-corrected chi connectivity index (χ4v) is 5.62. The summed E-state index contributed by atoms with van der Waals surface area (Å²) in [5.74, 6) is 2.61. The van der Waals surface area contributed by atoms with E-state index in [0.29, 0.717) is 17.8 Å². The van der Waals surface area contributed by atoms with Gasteiger partial charge < -0.3 is 4.74 Å². The fraction of sp³-hybridized carbons (Fsp3) is 0.769. The average molecular weight is 389 g/mol. The molecule has 0 aliphatic heterocycles. The zero-order valence-corrected chi connectivity index (χ0v) is 18.4. The molecule has 2 aliphatic carbocycles. The molecule has 0 heterocycles. The highest BCUT2D eigenvalue weighted by Crippen LogP contribution is 2.46. The first-order valence-electron chi connectivity index (χ1n) is 12.1. The van der Waals surface area contributed by atoms with Crippen LogP contribution in [0.3, 0.4) is 0 Å². The lowest BCUT2D eigenvalue weighted by molar-refractivity contribution is 0.0824. The summed E-state index contributed by atoms with van der Waals surface area (Å²) in [6.45, 7) is 6.06. The Labute approximate surface area is 172 Å². The third-order valence-electron chi connectivity index (χ3n) is 7.14. The topological polar surface area (TPSA) is 9.23 Å². The summed E-state index contributed by atoms with van der Waals surface area (Å²) < 4.78 is 20.0. The summed E-state index contributed by atoms with van der Waals surface area (Å²) in [7, 11) is 0. The number of rotatable bonds is 8. The van der Waals surface area contributed by atoms with E-state index >= 15 is 0 Å². The molecule has 3 rings (SSSR count). The molecule has 0 amide bonds. The molecule has 0 aromatic heterocycles. The van der Waals surface area contributed by atoms with Crippen molar-refractivity contribution in [3.63, 3.8) is 0 Å². The van der Waals surface area contributed by atoms with Gasteiger partial charge >= 0.3 is 0 Å². The zero-order chi connectivity index (χ0) is 19.9. The highest BCUT2D eigenvalue weighted by atomic mass is 19.1. The molecule has 28 heavy (non-hydrogen) atoms. The Hall–Kier alpha value is -1.05. The Balaban J connectivity index is 2.08. The average Bonchev–Trinajstić information content (AvgIpc) is 2.73. The number of ether oxygens (including phenoxy) is 1. The largest absolute Gasteiger partial charge is 0.460 e. The molecule has 1 nitrogen and oxygen atoms in total. The van der Waals surface area contributed by atoms with E-state index in [0.717, 1.165) is 25.0 Å². The van der Waals surface area contributed by atoms with Gasteiger partial charge in [-0.15, -0.1) is 0 Å². The Bertz CT molecular complexity index is 571. The van der Waals surface area contributed by atoms with Crippen LogP contribution in [0.5, 0.6) is 5.75 Å². The fourth-order valence-electron chi connectivity index (χ4n) is 5.62.